The molecule has 0 fully saturated rings. The number of benzene rings is 1. The van der Waals surface area contributed by atoms with Crippen molar-refractivity contribution in [3.8, 4) is 0 Å². The van der Waals surface area contributed by atoms with Gasteiger partial charge in [-0.3, -0.25) is 9.59 Å². The van der Waals surface area contributed by atoms with Crippen LogP contribution in [0.3, 0.4) is 0 Å². The number of hydrogen-bond donors (Lipinski definition) is 3. The SMILES string of the molecule is C[C@H](N)C(=O)Nc1cc(C(N)=O)c(F)cc1F. The second-order valence-corrected chi connectivity index (χ2v) is 3.45. The second kappa shape index (κ2) is 4.88. The van der Waals surface area contributed by atoms with Crippen molar-refractivity contribution in [1.82, 2.24) is 0 Å². The van der Waals surface area contributed by atoms with Crippen LogP contribution < -0.4 is 16.8 Å². The summed E-state index contributed by atoms with van der Waals surface area (Å²) < 4.78 is 26.4. The summed E-state index contributed by atoms with van der Waals surface area (Å²) in [6.45, 7) is 1.39. The molecule has 1 aromatic rings. The summed E-state index contributed by atoms with van der Waals surface area (Å²) >= 11 is 0. The predicted octanol–water partition coefficient (Wildman–Crippen LogP) is 0.349. The Morgan fingerprint density at radius 2 is 1.88 bits per heavy atom. The van der Waals surface area contributed by atoms with Gasteiger partial charge in [-0.05, 0) is 13.0 Å². The minimum absolute atomic E-state index is 0.345. The van der Waals surface area contributed by atoms with E-state index in [1.807, 2.05) is 0 Å². The van der Waals surface area contributed by atoms with Crippen molar-refractivity contribution in [3.63, 3.8) is 0 Å². The van der Waals surface area contributed by atoms with Crippen LogP contribution in [0, 0.1) is 11.6 Å². The Kier molecular flexibility index (Phi) is 3.74. The molecule has 2 amide bonds. The zero-order valence-electron chi connectivity index (χ0n) is 8.96. The number of rotatable bonds is 3. The van der Waals surface area contributed by atoms with Crippen LogP contribution in [0.1, 0.15) is 17.3 Å². The number of hydrogen-bond acceptors (Lipinski definition) is 3. The van der Waals surface area contributed by atoms with Crippen molar-refractivity contribution in [2.75, 3.05) is 5.32 Å². The smallest absolute Gasteiger partial charge is 0.251 e. The molecule has 0 aliphatic heterocycles. The first kappa shape index (κ1) is 13.0. The van der Waals surface area contributed by atoms with Gasteiger partial charge < -0.3 is 16.8 Å². The molecule has 0 saturated carbocycles. The van der Waals surface area contributed by atoms with Gasteiger partial charge in [0.2, 0.25) is 5.91 Å². The van der Waals surface area contributed by atoms with E-state index in [4.69, 9.17) is 11.5 Å². The van der Waals surface area contributed by atoms with Crippen molar-refractivity contribution >= 4 is 17.5 Å². The van der Waals surface area contributed by atoms with E-state index in [0.29, 0.717) is 6.07 Å². The standard InChI is InChI=1S/C10H11F2N3O2/c1-4(13)10(17)15-8-2-5(9(14)16)6(11)3-7(8)12/h2-4H,13H2,1H3,(H2,14,16)(H,15,17)/t4-/m0/s1. The maximum Gasteiger partial charge on any atom is 0.251 e. The number of halogens is 2. The molecule has 5 nitrogen and oxygen atoms in total. The van der Waals surface area contributed by atoms with Crippen LogP contribution in [0.4, 0.5) is 14.5 Å². The summed E-state index contributed by atoms with van der Waals surface area (Å²) in [5.41, 5.74) is 9.29. The van der Waals surface area contributed by atoms with Crippen molar-refractivity contribution < 1.29 is 18.4 Å². The molecule has 0 heterocycles. The summed E-state index contributed by atoms with van der Waals surface area (Å²) in [7, 11) is 0. The molecule has 1 atom stereocenters. The highest BCUT2D eigenvalue weighted by atomic mass is 19.1. The lowest BCUT2D eigenvalue weighted by atomic mass is 10.1. The van der Waals surface area contributed by atoms with Crippen LogP contribution in [-0.4, -0.2) is 17.9 Å². The Hall–Kier alpha value is -2.02. The Balaban J connectivity index is 3.12. The van der Waals surface area contributed by atoms with Gasteiger partial charge in [-0.25, -0.2) is 8.78 Å². The molecule has 1 rings (SSSR count). The van der Waals surface area contributed by atoms with Crippen molar-refractivity contribution in [3.05, 3.63) is 29.3 Å². The molecular formula is C10H11F2N3O2. The minimum atomic E-state index is -1.09. The lowest BCUT2D eigenvalue weighted by Crippen LogP contribution is -2.33. The number of amides is 2. The van der Waals surface area contributed by atoms with Gasteiger partial charge in [0.1, 0.15) is 11.6 Å². The number of carbonyl (C=O) groups is 2. The lowest BCUT2D eigenvalue weighted by Gasteiger charge is -2.10. The third kappa shape index (κ3) is 2.97. The Morgan fingerprint density at radius 3 is 2.35 bits per heavy atom. The van der Waals surface area contributed by atoms with Gasteiger partial charge in [-0.2, -0.15) is 0 Å². The zero-order valence-corrected chi connectivity index (χ0v) is 8.96. The van der Waals surface area contributed by atoms with Gasteiger partial charge in [-0.1, -0.05) is 0 Å². The molecule has 17 heavy (non-hydrogen) atoms. The average molecular weight is 243 g/mol. The maximum absolute atomic E-state index is 13.3. The minimum Gasteiger partial charge on any atom is -0.366 e. The molecule has 0 radical (unpaired) electrons. The number of nitrogens with one attached hydrogen (secondary N) is 1. The summed E-state index contributed by atoms with van der Waals surface area (Å²) in [5.74, 6) is -3.82. The highest BCUT2D eigenvalue weighted by Crippen LogP contribution is 2.19. The molecule has 0 aliphatic carbocycles. The molecule has 0 bridgehead atoms. The number of primary amides is 1. The molecule has 0 unspecified atom stereocenters. The van der Waals surface area contributed by atoms with Gasteiger partial charge >= 0.3 is 0 Å². The van der Waals surface area contributed by atoms with Crippen molar-refractivity contribution in [2.24, 2.45) is 11.5 Å². The second-order valence-electron chi connectivity index (χ2n) is 3.45. The highest BCUT2D eigenvalue weighted by molar-refractivity contribution is 5.98. The summed E-state index contributed by atoms with van der Waals surface area (Å²) in [6, 6.07) is 0.431. The van der Waals surface area contributed by atoms with Crippen LogP contribution in [0.15, 0.2) is 12.1 Å². The third-order valence-corrected chi connectivity index (χ3v) is 1.99. The van der Waals surface area contributed by atoms with E-state index in [9.17, 15) is 18.4 Å². The number of carbonyl (C=O) groups excluding carboxylic acids is 2. The fourth-order valence-corrected chi connectivity index (χ4v) is 1.08. The molecule has 1 aromatic carbocycles. The fourth-order valence-electron chi connectivity index (χ4n) is 1.08. The van der Waals surface area contributed by atoms with Crippen LogP contribution >= 0.6 is 0 Å². The van der Waals surface area contributed by atoms with E-state index in [1.165, 1.54) is 6.92 Å². The molecule has 0 aliphatic rings. The average Bonchev–Trinajstić information content (AvgIpc) is 2.21. The molecule has 7 heteroatoms. The molecule has 0 saturated heterocycles. The van der Waals surface area contributed by atoms with Gasteiger partial charge in [0, 0.05) is 6.07 Å². The van der Waals surface area contributed by atoms with E-state index < -0.39 is 35.1 Å². The van der Waals surface area contributed by atoms with Gasteiger partial charge in [-0.15, -0.1) is 0 Å². The maximum atomic E-state index is 13.3. The summed E-state index contributed by atoms with van der Waals surface area (Å²) in [6.07, 6.45) is 0. The monoisotopic (exact) mass is 243 g/mol. The summed E-state index contributed by atoms with van der Waals surface area (Å²) in [4.78, 5) is 22.0. The third-order valence-electron chi connectivity index (χ3n) is 1.99. The van der Waals surface area contributed by atoms with E-state index >= 15 is 0 Å². The Labute approximate surface area is 95.8 Å². The van der Waals surface area contributed by atoms with Crippen molar-refractivity contribution in [1.29, 1.82) is 0 Å². The van der Waals surface area contributed by atoms with Gasteiger partial charge in [0.05, 0.1) is 17.3 Å². The molecule has 0 aromatic heterocycles. The van der Waals surface area contributed by atoms with Crippen LogP contribution in [0.25, 0.3) is 0 Å². The highest BCUT2D eigenvalue weighted by Gasteiger charge is 2.16. The summed E-state index contributed by atoms with van der Waals surface area (Å²) in [5, 5.41) is 2.12. The quantitative estimate of drug-likeness (QED) is 0.714. The fraction of sp³-hybridized carbons (Fsp3) is 0.200. The van der Waals surface area contributed by atoms with Crippen molar-refractivity contribution in [2.45, 2.75) is 13.0 Å². The largest absolute Gasteiger partial charge is 0.366 e. The van der Waals surface area contributed by atoms with E-state index in [0.717, 1.165) is 6.07 Å². The number of nitrogens with two attached hydrogens (primary N) is 2. The van der Waals surface area contributed by atoms with Gasteiger partial charge in [0.25, 0.3) is 5.91 Å². The molecule has 0 spiro atoms. The van der Waals surface area contributed by atoms with Crippen LogP contribution in [0.5, 0.6) is 0 Å². The normalized spacial score (nSPS) is 12.0. The van der Waals surface area contributed by atoms with Gasteiger partial charge in [0.15, 0.2) is 0 Å². The van der Waals surface area contributed by atoms with E-state index in [-0.39, 0.29) is 5.69 Å². The Morgan fingerprint density at radius 1 is 1.29 bits per heavy atom. The predicted molar refractivity (Wildman–Crippen MR) is 57.2 cm³/mol. The topological polar surface area (TPSA) is 98.2 Å². The first-order chi connectivity index (χ1) is 7.82. The number of anilines is 1. The Bertz CT molecular complexity index is 475. The lowest BCUT2D eigenvalue weighted by molar-refractivity contribution is -0.117. The molecule has 5 N–H and O–H groups in total. The zero-order chi connectivity index (χ0) is 13.2. The van der Waals surface area contributed by atoms with E-state index in [2.05, 4.69) is 5.32 Å². The van der Waals surface area contributed by atoms with Crippen LogP contribution in [0.2, 0.25) is 0 Å². The molecular weight excluding hydrogens is 232 g/mol. The first-order valence-corrected chi connectivity index (χ1v) is 4.68. The molecule has 92 valence electrons. The van der Waals surface area contributed by atoms with E-state index in [1.54, 1.807) is 0 Å². The first-order valence-electron chi connectivity index (χ1n) is 4.68. The van der Waals surface area contributed by atoms with Crippen LogP contribution in [-0.2, 0) is 4.79 Å².